The Morgan fingerprint density at radius 2 is 1.24 bits per heavy atom. The van der Waals surface area contributed by atoms with Gasteiger partial charge < -0.3 is 14.2 Å². The third-order valence-corrected chi connectivity index (χ3v) is 5.71. The monoisotopic (exact) mass is 498 g/mol. The number of hydrogen-bond acceptors (Lipinski definition) is 5. The summed E-state index contributed by atoms with van der Waals surface area (Å²) in [6.45, 7) is 2.93. The van der Waals surface area contributed by atoms with Crippen LogP contribution < -0.4 is 14.2 Å². The highest BCUT2D eigenvalue weighted by Crippen LogP contribution is 2.17. The molecule has 3 aromatic carbocycles. The third kappa shape index (κ3) is 9.80. The molecule has 0 saturated carbocycles. The van der Waals surface area contributed by atoms with Crippen molar-refractivity contribution in [3.63, 3.8) is 0 Å². The molecule has 3 aromatic rings. The zero-order valence-corrected chi connectivity index (χ0v) is 21.5. The van der Waals surface area contributed by atoms with Gasteiger partial charge in [-0.05, 0) is 78.2 Å². The summed E-state index contributed by atoms with van der Waals surface area (Å²) in [5.74, 6) is 1.31. The van der Waals surface area contributed by atoms with Gasteiger partial charge in [-0.25, -0.2) is 4.79 Å². The predicted molar refractivity (Wildman–Crippen MR) is 148 cm³/mol. The second-order valence-corrected chi connectivity index (χ2v) is 8.58. The van der Waals surface area contributed by atoms with Crippen molar-refractivity contribution in [3.8, 4) is 17.2 Å². The molecule has 0 spiro atoms. The van der Waals surface area contributed by atoms with Crippen molar-refractivity contribution in [1.29, 1.82) is 0 Å². The van der Waals surface area contributed by atoms with Crippen molar-refractivity contribution >= 4 is 23.9 Å². The van der Waals surface area contributed by atoms with Crippen LogP contribution in [0.15, 0.2) is 84.9 Å². The summed E-state index contributed by atoms with van der Waals surface area (Å²) in [4.78, 5) is 24.6. The number of methoxy groups -OCH3 is 1. The number of ketones is 1. The maximum Gasteiger partial charge on any atom is 0.336 e. The van der Waals surface area contributed by atoms with Crippen LogP contribution in [0.4, 0.5) is 0 Å². The summed E-state index contributed by atoms with van der Waals surface area (Å²) < 4.78 is 16.2. The van der Waals surface area contributed by atoms with Gasteiger partial charge in [0, 0.05) is 11.6 Å². The highest BCUT2D eigenvalue weighted by Gasteiger charge is 2.05. The molecule has 3 rings (SSSR count). The topological polar surface area (TPSA) is 61.8 Å². The fourth-order valence-corrected chi connectivity index (χ4v) is 3.56. The highest BCUT2D eigenvalue weighted by molar-refractivity contribution is 6.06. The minimum atomic E-state index is -0.501. The van der Waals surface area contributed by atoms with Crippen molar-refractivity contribution in [3.05, 3.63) is 102 Å². The van der Waals surface area contributed by atoms with Crippen molar-refractivity contribution in [2.24, 2.45) is 0 Å². The lowest BCUT2D eigenvalue weighted by Crippen LogP contribution is -2.04. The Kier molecular flexibility index (Phi) is 11.2. The van der Waals surface area contributed by atoms with E-state index < -0.39 is 5.97 Å². The normalized spacial score (nSPS) is 11.1. The molecule has 0 aliphatic heterocycles. The summed E-state index contributed by atoms with van der Waals surface area (Å²) in [5.41, 5.74) is 2.27. The molecule has 0 unspecified atom stereocenters. The number of unbranched alkanes of at least 4 members (excludes halogenated alkanes) is 4. The van der Waals surface area contributed by atoms with Crippen molar-refractivity contribution in [2.75, 3.05) is 13.7 Å². The van der Waals surface area contributed by atoms with E-state index >= 15 is 0 Å². The SMILES string of the molecule is CCCCCCCOc1ccc(/C=C/C(=O)c2ccc(OC(=O)/C=C/c3ccc(OC)cc3)cc2)cc1. The third-order valence-electron chi connectivity index (χ3n) is 5.71. The first-order valence-corrected chi connectivity index (χ1v) is 12.7. The van der Waals surface area contributed by atoms with E-state index in [4.69, 9.17) is 14.2 Å². The van der Waals surface area contributed by atoms with E-state index in [0.29, 0.717) is 11.3 Å². The Hall–Kier alpha value is -4.12. The van der Waals surface area contributed by atoms with Gasteiger partial charge in [0.05, 0.1) is 13.7 Å². The summed E-state index contributed by atoms with van der Waals surface area (Å²) in [5, 5.41) is 0. The maximum absolute atomic E-state index is 12.5. The van der Waals surface area contributed by atoms with Gasteiger partial charge in [0.25, 0.3) is 0 Å². The van der Waals surface area contributed by atoms with Crippen molar-refractivity contribution in [2.45, 2.75) is 39.0 Å². The first-order valence-electron chi connectivity index (χ1n) is 12.7. The minimum Gasteiger partial charge on any atom is -0.497 e. The van der Waals surface area contributed by atoms with Crippen LogP contribution in [0.25, 0.3) is 12.2 Å². The molecule has 0 aromatic heterocycles. The first kappa shape index (κ1) is 27.5. The Bertz CT molecular complexity index is 1170. The second kappa shape index (κ2) is 15.1. The Balaban J connectivity index is 1.45. The second-order valence-electron chi connectivity index (χ2n) is 8.58. The van der Waals surface area contributed by atoms with E-state index in [1.54, 1.807) is 43.5 Å². The predicted octanol–water partition coefficient (Wildman–Crippen LogP) is 7.56. The van der Waals surface area contributed by atoms with Gasteiger partial charge in [-0.15, -0.1) is 0 Å². The Labute approximate surface area is 219 Å². The zero-order valence-electron chi connectivity index (χ0n) is 21.5. The number of rotatable bonds is 14. The van der Waals surface area contributed by atoms with E-state index in [1.807, 2.05) is 48.5 Å². The van der Waals surface area contributed by atoms with Gasteiger partial charge in [0.2, 0.25) is 0 Å². The summed E-state index contributed by atoms with van der Waals surface area (Å²) in [7, 11) is 1.60. The van der Waals surface area contributed by atoms with Crippen LogP contribution in [-0.2, 0) is 4.79 Å². The van der Waals surface area contributed by atoms with Gasteiger partial charge in [-0.1, -0.05) is 62.9 Å². The molecule has 5 heteroatoms. The Morgan fingerprint density at radius 1 is 0.676 bits per heavy atom. The van der Waals surface area contributed by atoms with Crippen molar-refractivity contribution in [1.82, 2.24) is 0 Å². The molecule has 0 atom stereocenters. The highest BCUT2D eigenvalue weighted by atomic mass is 16.5. The van der Waals surface area contributed by atoms with E-state index in [9.17, 15) is 9.59 Å². The molecular formula is C32H34O5. The number of carbonyl (C=O) groups is 2. The van der Waals surface area contributed by atoms with Crippen LogP contribution in [0.1, 0.15) is 60.5 Å². The van der Waals surface area contributed by atoms with Gasteiger partial charge in [0.1, 0.15) is 17.2 Å². The number of carbonyl (C=O) groups excluding carboxylic acids is 2. The molecule has 0 aliphatic rings. The lowest BCUT2D eigenvalue weighted by molar-refractivity contribution is -0.128. The molecule has 0 bridgehead atoms. The van der Waals surface area contributed by atoms with E-state index in [-0.39, 0.29) is 5.78 Å². The first-order chi connectivity index (χ1) is 18.1. The number of benzene rings is 3. The van der Waals surface area contributed by atoms with E-state index in [0.717, 1.165) is 35.7 Å². The smallest absolute Gasteiger partial charge is 0.336 e. The number of allylic oxidation sites excluding steroid dienone is 1. The quantitative estimate of drug-likeness (QED) is 0.0754. The molecule has 5 nitrogen and oxygen atoms in total. The molecule has 0 N–H and O–H groups in total. The van der Waals surface area contributed by atoms with Crippen LogP contribution in [0.5, 0.6) is 17.2 Å². The fraction of sp³-hybridized carbons (Fsp3) is 0.250. The lowest BCUT2D eigenvalue weighted by Gasteiger charge is -2.06. The van der Waals surface area contributed by atoms with Gasteiger partial charge in [0.15, 0.2) is 5.78 Å². The lowest BCUT2D eigenvalue weighted by atomic mass is 10.1. The van der Waals surface area contributed by atoms with Crippen LogP contribution >= 0.6 is 0 Å². The number of esters is 1. The summed E-state index contributed by atoms with van der Waals surface area (Å²) in [6, 6.07) is 21.5. The van der Waals surface area contributed by atoms with Crippen LogP contribution in [0.2, 0.25) is 0 Å². The Morgan fingerprint density at radius 3 is 1.86 bits per heavy atom. The van der Waals surface area contributed by atoms with Crippen molar-refractivity contribution < 1.29 is 23.8 Å². The average molecular weight is 499 g/mol. The molecular weight excluding hydrogens is 464 g/mol. The zero-order chi connectivity index (χ0) is 26.3. The molecule has 0 fully saturated rings. The van der Waals surface area contributed by atoms with Crippen LogP contribution in [0.3, 0.4) is 0 Å². The summed E-state index contributed by atoms with van der Waals surface area (Å²) >= 11 is 0. The molecule has 37 heavy (non-hydrogen) atoms. The van der Waals surface area contributed by atoms with Gasteiger partial charge >= 0.3 is 5.97 Å². The average Bonchev–Trinajstić information content (AvgIpc) is 2.94. The fourth-order valence-electron chi connectivity index (χ4n) is 3.56. The van der Waals surface area contributed by atoms with Gasteiger partial charge in [-0.2, -0.15) is 0 Å². The number of hydrogen-bond donors (Lipinski definition) is 0. The van der Waals surface area contributed by atoms with Crippen LogP contribution in [0, 0.1) is 0 Å². The molecule has 0 amide bonds. The number of ether oxygens (including phenoxy) is 3. The van der Waals surface area contributed by atoms with Gasteiger partial charge in [-0.3, -0.25) is 4.79 Å². The molecule has 0 heterocycles. The summed E-state index contributed by atoms with van der Waals surface area (Å²) in [6.07, 6.45) is 12.4. The largest absolute Gasteiger partial charge is 0.497 e. The molecule has 0 radical (unpaired) electrons. The minimum absolute atomic E-state index is 0.135. The van der Waals surface area contributed by atoms with E-state index in [2.05, 4.69) is 6.92 Å². The maximum atomic E-state index is 12.5. The molecule has 0 saturated heterocycles. The van der Waals surface area contributed by atoms with Crippen LogP contribution in [-0.4, -0.2) is 25.5 Å². The molecule has 192 valence electrons. The molecule has 0 aliphatic carbocycles. The standard InChI is InChI=1S/C32H34O5/c1-3-4-5-6-7-24-36-29-18-10-25(11-19-29)12-22-31(33)27-14-20-30(21-15-27)37-32(34)23-13-26-8-16-28(35-2)17-9-26/h8-23H,3-7,24H2,1-2H3/b22-12+,23-13+. The van der Waals surface area contributed by atoms with E-state index in [1.165, 1.54) is 37.8 Å².